The lowest BCUT2D eigenvalue weighted by Crippen LogP contribution is -2.31. The monoisotopic (exact) mass is 407 g/mol. The molecule has 2 aliphatic heterocycles. The summed E-state index contributed by atoms with van der Waals surface area (Å²) in [4.78, 5) is 32.7. The molecule has 2 saturated heterocycles. The highest BCUT2D eigenvalue weighted by Crippen LogP contribution is 2.19. The Hall–Kier alpha value is -3.09. The SMILES string of the molecule is O=C(NCc1ccnc(N2CCCCC2)c1)Nc1ccc(CN2CCCC2=O)cc1. The van der Waals surface area contributed by atoms with E-state index in [9.17, 15) is 9.59 Å². The van der Waals surface area contributed by atoms with Gasteiger partial charge in [0.2, 0.25) is 5.91 Å². The minimum Gasteiger partial charge on any atom is -0.357 e. The van der Waals surface area contributed by atoms with Crippen LogP contribution in [0, 0.1) is 0 Å². The summed E-state index contributed by atoms with van der Waals surface area (Å²) >= 11 is 0. The Labute approximate surface area is 177 Å². The second-order valence-corrected chi connectivity index (χ2v) is 7.99. The number of aromatic nitrogens is 1. The third-order valence-corrected chi connectivity index (χ3v) is 5.70. The number of benzene rings is 1. The zero-order valence-corrected chi connectivity index (χ0v) is 17.3. The first-order valence-electron chi connectivity index (χ1n) is 10.8. The number of pyridine rings is 1. The number of rotatable bonds is 6. The Morgan fingerprint density at radius 2 is 1.77 bits per heavy atom. The smallest absolute Gasteiger partial charge is 0.319 e. The number of likely N-dealkylation sites (tertiary alicyclic amines) is 1. The molecule has 0 spiro atoms. The molecule has 0 radical (unpaired) electrons. The van der Waals surface area contributed by atoms with E-state index in [0.717, 1.165) is 48.7 Å². The van der Waals surface area contributed by atoms with Crippen LogP contribution in [0.4, 0.5) is 16.3 Å². The van der Waals surface area contributed by atoms with E-state index in [0.29, 0.717) is 19.5 Å². The van der Waals surface area contributed by atoms with Crippen LogP contribution >= 0.6 is 0 Å². The molecule has 0 saturated carbocycles. The van der Waals surface area contributed by atoms with E-state index < -0.39 is 0 Å². The predicted octanol–water partition coefficient (Wildman–Crippen LogP) is 3.52. The highest BCUT2D eigenvalue weighted by atomic mass is 16.2. The van der Waals surface area contributed by atoms with Crippen LogP contribution in [0.2, 0.25) is 0 Å². The number of urea groups is 1. The van der Waals surface area contributed by atoms with Crippen LogP contribution in [0.15, 0.2) is 42.6 Å². The number of carbonyl (C=O) groups is 2. The quantitative estimate of drug-likeness (QED) is 0.768. The van der Waals surface area contributed by atoms with E-state index in [1.165, 1.54) is 19.3 Å². The van der Waals surface area contributed by atoms with Crippen molar-refractivity contribution < 1.29 is 9.59 Å². The standard InChI is InChI=1S/C23H29N5O2/c29-22-5-4-14-28(22)17-18-6-8-20(9-7-18)26-23(30)25-16-19-10-11-24-21(15-19)27-12-2-1-3-13-27/h6-11,15H,1-5,12-14,16-17H2,(H2,25,26,30). The molecule has 4 rings (SSSR count). The molecule has 158 valence electrons. The predicted molar refractivity (Wildman–Crippen MR) is 117 cm³/mol. The Morgan fingerprint density at radius 1 is 0.967 bits per heavy atom. The van der Waals surface area contributed by atoms with Crippen molar-refractivity contribution in [3.63, 3.8) is 0 Å². The number of piperidine rings is 1. The Morgan fingerprint density at radius 3 is 2.50 bits per heavy atom. The molecule has 7 heteroatoms. The maximum absolute atomic E-state index is 12.3. The van der Waals surface area contributed by atoms with E-state index in [2.05, 4.69) is 26.6 Å². The molecule has 2 aromatic rings. The number of anilines is 2. The van der Waals surface area contributed by atoms with Gasteiger partial charge in [0, 0.05) is 51.0 Å². The lowest BCUT2D eigenvalue weighted by molar-refractivity contribution is -0.128. The fourth-order valence-electron chi connectivity index (χ4n) is 4.01. The second-order valence-electron chi connectivity index (χ2n) is 7.99. The molecule has 30 heavy (non-hydrogen) atoms. The molecule has 0 aliphatic carbocycles. The Kier molecular flexibility index (Phi) is 6.47. The molecule has 0 atom stereocenters. The van der Waals surface area contributed by atoms with Crippen LogP contribution in [-0.4, -0.2) is 41.5 Å². The maximum Gasteiger partial charge on any atom is 0.319 e. The van der Waals surface area contributed by atoms with Gasteiger partial charge in [0.15, 0.2) is 0 Å². The molecule has 2 fully saturated rings. The van der Waals surface area contributed by atoms with Crippen molar-refractivity contribution >= 4 is 23.4 Å². The average molecular weight is 408 g/mol. The third-order valence-electron chi connectivity index (χ3n) is 5.70. The second kappa shape index (κ2) is 9.61. The Bertz CT molecular complexity index is 877. The van der Waals surface area contributed by atoms with Crippen molar-refractivity contribution in [3.8, 4) is 0 Å². The molecular formula is C23H29N5O2. The number of hydrogen-bond acceptors (Lipinski definition) is 4. The van der Waals surface area contributed by atoms with Crippen LogP contribution in [0.1, 0.15) is 43.2 Å². The van der Waals surface area contributed by atoms with E-state index in [1.54, 1.807) is 0 Å². The minimum absolute atomic E-state index is 0.219. The fraction of sp³-hybridized carbons (Fsp3) is 0.435. The van der Waals surface area contributed by atoms with Gasteiger partial charge in [-0.1, -0.05) is 12.1 Å². The first-order valence-corrected chi connectivity index (χ1v) is 10.8. The number of hydrogen-bond donors (Lipinski definition) is 2. The van der Waals surface area contributed by atoms with Gasteiger partial charge in [-0.15, -0.1) is 0 Å². The van der Waals surface area contributed by atoms with Crippen LogP contribution in [-0.2, 0) is 17.9 Å². The number of amides is 3. The summed E-state index contributed by atoms with van der Waals surface area (Å²) in [6.45, 7) is 4.01. The van der Waals surface area contributed by atoms with Crippen molar-refractivity contribution in [2.75, 3.05) is 29.9 Å². The van der Waals surface area contributed by atoms with Gasteiger partial charge in [-0.25, -0.2) is 9.78 Å². The van der Waals surface area contributed by atoms with Crippen molar-refractivity contribution in [1.29, 1.82) is 0 Å². The van der Waals surface area contributed by atoms with Crippen molar-refractivity contribution in [2.45, 2.75) is 45.2 Å². The molecule has 3 heterocycles. The van der Waals surface area contributed by atoms with Gasteiger partial charge in [-0.2, -0.15) is 0 Å². The summed E-state index contributed by atoms with van der Waals surface area (Å²) in [7, 11) is 0. The van der Waals surface area contributed by atoms with E-state index in [4.69, 9.17) is 0 Å². The van der Waals surface area contributed by atoms with E-state index in [-0.39, 0.29) is 11.9 Å². The van der Waals surface area contributed by atoms with Crippen LogP contribution in [0.25, 0.3) is 0 Å². The van der Waals surface area contributed by atoms with Gasteiger partial charge in [0.25, 0.3) is 0 Å². The van der Waals surface area contributed by atoms with Gasteiger partial charge in [-0.05, 0) is 61.1 Å². The molecule has 3 amide bonds. The van der Waals surface area contributed by atoms with Crippen LogP contribution in [0.3, 0.4) is 0 Å². The first kappa shape index (κ1) is 20.2. The zero-order chi connectivity index (χ0) is 20.8. The molecule has 1 aromatic heterocycles. The molecule has 2 aliphatic rings. The normalized spacial score (nSPS) is 16.6. The van der Waals surface area contributed by atoms with Crippen LogP contribution < -0.4 is 15.5 Å². The van der Waals surface area contributed by atoms with Crippen molar-refractivity contribution in [1.82, 2.24) is 15.2 Å². The molecule has 7 nitrogen and oxygen atoms in total. The topological polar surface area (TPSA) is 77.6 Å². The summed E-state index contributed by atoms with van der Waals surface area (Å²) < 4.78 is 0. The van der Waals surface area contributed by atoms with Gasteiger partial charge < -0.3 is 20.4 Å². The van der Waals surface area contributed by atoms with Gasteiger partial charge in [0.05, 0.1) is 0 Å². The maximum atomic E-state index is 12.3. The van der Waals surface area contributed by atoms with E-state index >= 15 is 0 Å². The van der Waals surface area contributed by atoms with Gasteiger partial charge >= 0.3 is 6.03 Å². The molecule has 0 unspecified atom stereocenters. The highest BCUT2D eigenvalue weighted by Gasteiger charge is 2.19. The van der Waals surface area contributed by atoms with Crippen LogP contribution in [0.5, 0.6) is 0 Å². The van der Waals surface area contributed by atoms with Crippen molar-refractivity contribution in [3.05, 3.63) is 53.7 Å². The molecule has 1 aromatic carbocycles. The number of carbonyl (C=O) groups excluding carboxylic acids is 2. The highest BCUT2D eigenvalue weighted by molar-refractivity contribution is 5.89. The third kappa shape index (κ3) is 5.28. The summed E-state index contributed by atoms with van der Waals surface area (Å²) in [5.74, 6) is 1.21. The first-order chi connectivity index (χ1) is 14.7. The summed E-state index contributed by atoms with van der Waals surface area (Å²) in [5.41, 5.74) is 2.83. The average Bonchev–Trinajstić information content (AvgIpc) is 3.19. The lowest BCUT2D eigenvalue weighted by Gasteiger charge is -2.27. The fourth-order valence-corrected chi connectivity index (χ4v) is 4.01. The lowest BCUT2D eigenvalue weighted by atomic mass is 10.1. The zero-order valence-electron chi connectivity index (χ0n) is 17.3. The van der Waals surface area contributed by atoms with Gasteiger partial charge in [0.1, 0.15) is 5.82 Å². The summed E-state index contributed by atoms with van der Waals surface area (Å²) in [5, 5.41) is 5.77. The molecule has 0 bridgehead atoms. The molecular weight excluding hydrogens is 378 g/mol. The molecule has 2 N–H and O–H groups in total. The minimum atomic E-state index is -0.242. The number of nitrogens with one attached hydrogen (secondary N) is 2. The summed E-state index contributed by atoms with van der Waals surface area (Å²) in [6.07, 6.45) is 7.10. The van der Waals surface area contributed by atoms with Gasteiger partial charge in [-0.3, -0.25) is 4.79 Å². The van der Waals surface area contributed by atoms with E-state index in [1.807, 2.05) is 41.4 Å². The number of nitrogens with zero attached hydrogens (tertiary/aromatic N) is 3. The summed E-state index contributed by atoms with van der Waals surface area (Å²) in [6, 6.07) is 11.4. The van der Waals surface area contributed by atoms with Crippen molar-refractivity contribution in [2.24, 2.45) is 0 Å². The largest absolute Gasteiger partial charge is 0.357 e. The Balaban J connectivity index is 1.26.